The van der Waals surface area contributed by atoms with Gasteiger partial charge in [0.1, 0.15) is 0 Å². The van der Waals surface area contributed by atoms with E-state index in [1.807, 2.05) is 37.5 Å². The summed E-state index contributed by atoms with van der Waals surface area (Å²) < 4.78 is 2.08. The van der Waals surface area contributed by atoms with E-state index in [1.165, 1.54) is 0 Å². The normalized spacial score (nSPS) is 14.8. The second-order valence-corrected chi connectivity index (χ2v) is 4.48. The fraction of sp³-hybridized carbons (Fsp3) is 0.286. The summed E-state index contributed by atoms with van der Waals surface area (Å²) in [6, 6.07) is 5.96. The van der Waals surface area contributed by atoms with Gasteiger partial charge in [0.15, 0.2) is 5.78 Å². The Balaban J connectivity index is 2.10. The molecule has 0 aromatic carbocycles. The molecule has 0 spiro atoms. The molecule has 2 heterocycles. The Morgan fingerprint density at radius 3 is 2.88 bits per heavy atom. The van der Waals surface area contributed by atoms with Crippen molar-refractivity contribution in [1.82, 2.24) is 9.55 Å². The highest BCUT2D eigenvalue weighted by atomic mass is 16.1. The van der Waals surface area contributed by atoms with Crippen LogP contribution in [0.15, 0.2) is 30.6 Å². The van der Waals surface area contributed by atoms with E-state index in [9.17, 15) is 4.79 Å². The molecule has 0 aliphatic heterocycles. The van der Waals surface area contributed by atoms with Crippen LogP contribution in [0.5, 0.6) is 0 Å². The van der Waals surface area contributed by atoms with Crippen LogP contribution in [0.3, 0.4) is 0 Å². The van der Waals surface area contributed by atoms with E-state index in [2.05, 4.69) is 9.55 Å². The zero-order chi connectivity index (χ0) is 11.8. The number of rotatable bonds is 1. The Kier molecular flexibility index (Phi) is 2.32. The van der Waals surface area contributed by atoms with Gasteiger partial charge in [0, 0.05) is 29.6 Å². The van der Waals surface area contributed by atoms with Crippen molar-refractivity contribution in [3.8, 4) is 5.69 Å². The van der Waals surface area contributed by atoms with Gasteiger partial charge in [0.25, 0.3) is 0 Å². The molecule has 3 nitrogen and oxygen atoms in total. The van der Waals surface area contributed by atoms with E-state index in [0.29, 0.717) is 6.42 Å². The maximum atomic E-state index is 11.8. The third-order valence-corrected chi connectivity index (χ3v) is 3.28. The lowest BCUT2D eigenvalue weighted by molar-refractivity contribution is 0.0972. The van der Waals surface area contributed by atoms with Gasteiger partial charge in [0.2, 0.25) is 0 Å². The molecule has 3 rings (SSSR count). The minimum Gasteiger partial charge on any atom is -0.319 e. The molecule has 0 saturated heterocycles. The number of carbonyl (C=O) groups is 1. The fourth-order valence-corrected chi connectivity index (χ4v) is 2.37. The van der Waals surface area contributed by atoms with Crippen molar-refractivity contribution in [3.63, 3.8) is 0 Å². The summed E-state index contributed by atoms with van der Waals surface area (Å²) in [5.74, 6) is 0.269. The van der Waals surface area contributed by atoms with Crippen molar-refractivity contribution in [3.05, 3.63) is 47.5 Å². The highest BCUT2D eigenvalue weighted by Crippen LogP contribution is 2.24. The van der Waals surface area contributed by atoms with Crippen LogP contribution in [-0.2, 0) is 6.42 Å². The van der Waals surface area contributed by atoms with E-state index in [-0.39, 0.29) is 5.78 Å². The third kappa shape index (κ3) is 1.68. The maximum absolute atomic E-state index is 11.8. The summed E-state index contributed by atoms with van der Waals surface area (Å²) in [5, 5.41) is 0. The van der Waals surface area contributed by atoms with E-state index in [0.717, 1.165) is 35.5 Å². The SMILES string of the molecule is Cc1ccc(-n2ccc3c2CCCC3=O)cn1. The summed E-state index contributed by atoms with van der Waals surface area (Å²) in [6.45, 7) is 1.97. The molecule has 0 radical (unpaired) electrons. The van der Waals surface area contributed by atoms with Gasteiger partial charge in [0.05, 0.1) is 11.9 Å². The average molecular weight is 226 g/mol. The third-order valence-electron chi connectivity index (χ3n) is 3.28. The molecule has 2 aromatic heterocycles. The van der Waals surface area contributed by atoms with E-state index in [1.54, 1.807) is 0 Å². The lowest BCUT2D eigenvalue weighted by Crippen LogP contribution is -2.12. The van der Waals surface area contributed by atoms with Gasteiger partial charge < -0.3 is 4.57 Å². The van der Waals surface area contributed by atoms with Crippen molar-refractivity contribution >= 4 is 5.78 Å². The number of Topliss-reactive ketones (excluding diaryl/α,β-unsaturated/α-hetero) is 1. The largest absolute Gasteiger partial charge is 0.319 e. The number of pyridine rings is 1. The first-order chi connectivity index (χ1) is 8.25. The van der Waals surface area contributed by atoms with Gasteiger partial charge in [-0.1, -0.05) is 0 Å². The molecule has 17 heavy (non-hydrogen) atoms. The van der Waals surface area contributed by atoms with Crippen molar-refractivity contribution in [2.75, 3.05) is 0 Å². The maximum Gasteiger partial charge on any atom is 0.164 e. The highest BCUT2D eigenvalue weighted by Gasteiger charge is 2.20. The number of nitrogens with zero attached hydrogens (tertiary/aromatic N) is 2. The standard InChI is InChI=1S/C14H14N2O/c1-10-5-6-11(9-15-10)16-8-7-12-13(16)3-2-4-14(12)17/h5-9H,2-4H2,1H3. The van der Waals surface area contributed by atoms with E-state index >= 15 is 0 Å². The molecule has 86 valence electrons. The van der Waals surface area contributed by atoms with Crippen LogP contribution in [0, 0.1) is 6.92 Å². The smallest absolute Gasteiger partial charge is 0.164 e. The molecule has 0 unspecified atom stereocenters. The number of hydrogen-bond acceptors (Lipinski definition) is 2. The molecule has 0 fully saturated rings. The number of aryl methyl sites for hydroxylation is 1. The highest BCUT2D eigenvalue weighted by molar-refractivity contribution is 5.98. The van der Waals surface area contributed by atoms with Crippen LogP contribution in [0.25, 0.3) is 5.69 Å². The average Bonchev–Trinajstić information content (AvgIpc) is 2.75. The fourth-order valence-electron chi connectivity index (χ4n) is 2.37. The lowest BCUT2D eigenvalue weighted by Gasteiger charge is -2.14. The number of carbonyl (C=O) groups excluding carboxylic acids is 1. The van der Waals surface area contributed by atoms with Gasteiger partial charge >= 0.3 is 0 Å². The molecular weight excluding hydrogens is 212 g/mol. The number of hydrogen-bond donors (Lipinski definition) is 0. The quantitative estimate of drug-likeness (QED) is 0.749. The molecule has 0 amide bonds. The Labute approximate surface area is 100 Å². The zero-order valence-electron chi connectivity index (χ0n) is 9.81. The number of ketones is 1. The number of fused-ring (bicyclic) bond motifs is 1. The Morgan fingerprint density at radius 2 is 2.12 bits per heavy atom. The minimum atomic E-state index is 0.269. The molecule has 0 saturated carbocycles. The molecule has 1 aliphatic rings. The van der Waals surface area contributed by atoms with Crippen LogP contribution < -0.4 is 0 Å². The second kappa shape index (κ2) is 3.84. The Hall–Kier alpha value is -1.90. The summed E-state index contributed by atoms with van der Waals surface area (Å²) in [4.78, 5) is 16.1. The van der Waals surface area contributed by atoms with Gasteiger partial charge in [-0.25, -0.2) is 0 Å². The molecule has 2 aromatic rings. The second-order valence-electron chi connectivity index (χ2n) is 4.48. The van der Waals surface area contributed by atoms with Crippen molar-refractivity contribution in [2.45, 2.75) is 26.2 Å². The molecule has 3 heteroatoms. The summed E-state index contributed by atoms with van der Waals surface area (Å²) in [6.07, 6.45) is 6.44. The lowest BCUT2D eigenvalue weighted by atomic mass is 9.97. The summed E-state index contributed by atoms with van der Waals surface area (Å²) in [7, 11) is 0. The summed E-state index contributed by atoms with van der Waals surface area (Å²) >= 11 is 0. The topological polar surface area (TPSA) is 34.9 Å². The van der Waals surface area contributed by atoms with E-state index < -0.39 is 0 Å². The van der Waals surface area contributed by atoms with Crippen molar-refractivity contribution in [1.29, 1.82) is 0 Å². The predicted octanol–water partition coefficient (Wildman–Crippen LogP) is 2.70. The molecule has 0 bridgehead atoms. The Bertz CT molecular complexity index is 566. The molecule has 1 aliphatic carbocycles. The van der Waals surface area contributed by atoms with Crippen LogP contribution in [0.2, 0.25) is 0 Å². The first kappa shape index (κ1) is 10.3. The number of aromatic nitrogens is 2. The zero-order valence-corrected chi connectivity index (χ0v) is 9.81. The molecule has 0 N–H and O–H groups in total. The summed E-state index contributed by atoms with van der Waals surface area (Å²) in [5.41, 5.74) is 4.06. The van der Waals surface area contributed by atoms with E-state index in [4.69, 9.17) is 0 Å². The van der Waals surface area contributed by atoms with Gasteiger partial charge in [-0.3, -0.25) is 9.78 Å². The van der Waals surface area contributed by atoms with Crippen molar-refractivity contribution < 1.29 is 4.79 Å². The first-order valence-corrected chi connectivity index (χ1v) is 5.92. The van der Waals surface area contributed by atoms with Crippen LogP contribution in [0.4, 0.5) is 0 Å². The van der Waals surface area contributed by atoms with Crippen LogP contribution in [0.1, 0.15) is 34.6 Å². The van der Waals surface area contributed by atoms with Crippen LogP contribution in [-0.4, -0.2) is 15.3 Å². The van der Waals surface area contributed by atoms with Gasteiger partial charge in [-0.05, 0) is 38.0 Å². The minimum absolute atomic E-state index is 0.269. The Morgan fingerprint density at radius 1 is 1.24 bits per heavy atom. The monoisotopic (exact) mass is 226 g/mol. The predicted molar refractivity (Wildman–Crippen MR) is 65.6 cm³/mol. The van der Waals surface area contributed by atoms with Crippen LogP contribution >= 0.6 is 0 Å². The van der Waals surface area contributed by atoms with Gasteiger partial charge in [-0.2, -0.15) is 0 Å². The first-order valence-electron chi connectivity index (χ1n) is 5.92. The van der Waals surface area contributed by atoms with Crippen molar-refractivity contribution in [2.24, 2.45) is 0 Å². The van der Waals surface area contributed by atoms with Gasteiger partial charge in [-0.15, -0.1) is 0 Å². The molecular formula is C14H14N2O. The molecule has 0 atom stereocenters.